The molecule has 1 aliphatic carbocycles. The highest BCUT2D eigenvalue weighted by atomic mass is 16.2. The molecule has 1 N–H and O–H groups in total. The van der Waals surface area contributed by atoms with Crippen LogP contribution in [-0.2, 0) is 14.4 Å². The molecule has 0 unspecified atom stereocenters. The molecule has 0 bridgehead atoms. The number of hydrogen-bond donors (Lipinski definition) is 1. The number of likely N-dealkylation sites (tertiary alicyclic amines) is 2. The van der Waals surface area contributed by atoms with Crippen LogP contribution in [0.1, 0.15) is 32.1 Å². The van der Waals surface area contributed by atoms with E-state index in [2.05, 4.69) is 5.32 Å². The van der Waals surface area contributed by atoms with Gasteiger partial charge in [-0.05, 0) is 38.0 Å². The second-order valence-corrected chi connectivity index (χ2v) is 7.78. The van der Waals surface area contributed by atoms with Gasteiger partial charge in [-0.25, -0.2) is 4.79 Å². The molecular weight excluding hydrogens is 324 g/mol. The largest absolute Gasteiger partial charge is 0.342 e. The van der Waals surface area contributed by atoms with Crippen LogP contribution in [-0.4, -0.2) is 77.7 Å². The molecule has 0 aromatic carbocycles. The van der Waals surface area contributed by atoms with Gasteiger partial charge in [0.15, 0.2) is 0 Å². The molecule has 1 atom stereocenters. The quantitative estimate of drug-likeness (QED) is 0.712. The first kappa shape index (κ1) is 16.4. The van der Waals surface area contributed by atoms with E-state index in [4.69, 9.17) is 0 Å². The highest BCUT2D eigenvalue weighted by Gasteiger charge is 2.50. The lowest BCUT2D eigenvalue weighted by Crippen LogP contribution is -2.51. The van der Waals surface area contributed by atoms with Crippen LogP contribution in [0.5, 0.6) is 0 Å². The van der Waals surface area contributed by atoms with Crippen molar-refractivity contribution in [3.63, 3.8) is 0 Å². The summed E-state index contributed by atoms with van der Waals surface area (Å²) in [4.78, 5) is 53.3. The summed E-state index contributed by atoms with van der Waals surface area (Å²) in [5, 5.41) is 2.42. The Morgan fingerprint density at radius 2 is 1.96 bits per heavy atom. The number of amides is 5. The molecule has 25 heavy (non-hydrogen) atoms. The van der Waals surface area contributed by atoms with E-state index in [1.807, 2.05) is 4.90 Å². The van der Waals surface area contributed by atoms with E-state index in [-0.39, 0.29) is 30.8 Å². The summed E-state index contributed by atoms with van der Waals surface area (Å²) >= 11 is 0. The minimum Gasteiger partial charge on any atom is -0.342 e. The van der Waals surface area contributed by atoms with Gasteiger partial charge in [-0.1, -0.05) is 0 Å². The van der Waals surface area contributed by atoms with E-state index in [0.717, 1.165) is 30.8 Å². The Bertz CT molecular complexity index is 616. The van der Waals surface area contributed by atoms with E-state index in [1.165, 1.54) is 12.8 Å². The number of hydrogen-bond acceptors (Lipinski definition) is 4. The van der Waals surface area contributed by atoms with Gasteiger partial charge in [-0.15, -0.1) is 0 Å². The van der Waals surface area contributed by atoms with Gasteiger partial charge < -0.3 is 15.1 Å². The Morgan fingerprint density at radius 3 is 2.64 bits per heavy atom. The molecule has 3 saturated heterocycles. The third kappa shape index (κ3) is 2.98. The first-order valence-electron chi connectivity index (χ1n) is 9.14. The Balaban J connectivity index is 1.39. The number of nitrogens with zero attached hydrogens (tertiary/aromatic N) is 3. The molecule has 3 heterocycles. The lowest BCUT2D eigenvalue weighted by molar-refractivity contribution is -0.146. The molecule has 136 valence electrons. The summed E-state index contributed by atoms with van der Waals surface area (Å²) in [7, 11) is 0. The average molecular weight is 348 g/mol. The minimum absolute atomic E-state index is 0.0509. The molecule has 4 rings (SSSR count). The van der Waals surface area contributed by atoms with Gasteiger partial charge in [0.2, 0.25) is 11.8 Å². The summed E-state index contributed by atoms with van der Waals surface area (Å²) in [5.74, 6) is 0.222. The second-order valence-electron chi connectivity index (χ2n) is 7.78. The van der Waals surface area contributed by atoms with Crippen molar-refractivity contribution in [1.29, 1.82) is 0 Å². The van der Waals surface area contributed by atoms with Crippen molar-refractivity contribution in [1.82, 2.24) is 20.0 Å². The molecule has 1 saturated carbocycles. The molecule has 8 heteroatoms. The van der Waals surface area contributed by atoms with Gasteiger partial charge in [0, 0.05) is 26.2 Å². The van der Waals surface area contributed by atoms with Crippen LogP contribution >= 0.6 is 0 Å². The van der Waals surface area contributed by atoms with Crippen molar-refractivity contribution in [2.45, 2.75) is 32.1 Å². The van der Waals surface area contributed by atoms with E-state index in [0.29, 0.717) is 25.4 Å². The molecular formula is C17H24N4O4. The Labute approximate surface area is 146 Å². The van der Waals surface area contributed by atoms with Crippen LogP contribution in [0.15, 0.2) is 0 Å². The van der Waals surface area contributed by atoms with Gasteiger partial charge in [-0.2, -0.15) is 0 Å². The minimum atomic E-state index is -0.517. The molecule has 0 radical (unpaired) electrons. The van der Waals surface area contributed by atoms with Crippen LogP contribution in [0.3, 0.4) is 0 Å². The average Bonchev–Trinajstić information content (AvgIpc) is 3.23. The fourth-order valence-corrected chi connectivity index (χ4v) is 4.25. The molecule has 1 spiro atoms. The van der Waals surface area contributed by atoms with Crippen molar-refractivity contribution in [2.75, 3.05) is 39.3 Å². The standard InChI is InChI=1S/C17H24N4O4/c22-13-8-18-16(25)21(13)10-14(23)20-7-5-17(11-20)4-1-6-19(15(17)24)9-12-2-3-12/h12H,1-11H2,(H,18,25)/t17-/m0/s1. The SMILES string of the molecule is O=C(CN1C(=O)CNC1=O)N1CC[C@@]2(CCCN(CC3CC3)C2=O)C1. The lowest BCUT2D eigenvalue weighted by Gasteiger charge is -2.39. The number of carbonyl (C=O) groups excluding carboxylic acids is 4. The van der Waals surface area contributed by atoms with E-state index in [9.17, 15) is 19.2 Å². The second kappa shape index (κ2) is 6.00. The van der Waals surface area contributed by atoms with Gasteiger partial charge in [0.1, 0.15) is 6.54 Å². The fraction of sp³-hybridized carbons (Fsp3) is 0.765. The van der Waals surface area contributed by atoms with E-state index >= 15 is 0 Å². The van der Waals surface area contributed by atoms with E-state index < -0.39 is 11.4 Å². The van der Waals surface area contributed by atoms with Crippen LogP contribution in [0, 0.1) is 11.3 Å². The van der Waals surface area contributed by atoms with Crippen LogP contribution in [0.4, 0.5) is 4.79 Å². The third-order valence-corrected chi connectivity index (χ3v) is 5.94. The third-order valence-electron chi connectivity index (χ3n) is 5.94. The highest BCUT2D eigenvalue weighted by molar-refractivity contribution is 6.04. The molecule has 4 fully saturated rings. The van der Waals surface area contributed by atoms with Crippen molar-refractivity contribution in [2.24, 2.45) is 11.3 Å². The molecule has 3 aliphatic heterocycles. The van der Waals surface area contributed by atoms with Gasteiger partial charge >= 0.3 is 6.03 Å². The van der Waals surface area contributed by atoms with Gasteiger partial charge in [0.25, 0.3) is 5.91 Å². The Hall–Kier alpha value is -2.12. The molecule has 0 aromatic heterocycles. The normalized spacial score (nSPS) is 29.8. The van der Waals surface area contributed by atoms with Crippen molar-refractivity contribution < 1.29 is 19.2 Å². The topological polar surface area (TPSA) is 90.0 Å². The van der Waals surface area contributed by atoms with Crippen LogP contribution in [0.2, 0.25) is 0 Å². The number of imide groups is 1. The zero-order valence-electron chi connectivity index (χ0n) is 14.3. The maximum atomic E-state index is 13.0. The van der Waals surface area contributed by atoms with Gasteiger partial charge in [0.05, 0.1) is 12.0 Å². The predicted octanol–water partition coefficient (Wildman–Crippen LogP) is -0.211. The first-order valence-corrected chi connectivity index (χ1v) is 9.14. The van der Waals surface area contributed by atoms with Crippen molar-refractivity contribution >= 4 is 23.8 Å². The molecule has 5 amide bonds. The highest BCUT2D eigenvalue weighted by Crippen LogP contribution is 2.41. The molecule has 4 aliphatic rings. The van der Waals surface area contributed by atoms with E-state index in [1.54, 1.807) is 4.90 Å². The number of nitrogens with one attached hydrogen (secondary N) is 1. The predicted molar refractivity (Wildman–Crippen MR) is 87.3 cm³/mol. The van der Waals surface area contributed by atoms with Crippen LogP contribution in [0.25, 0.3) is 0 Å². The smallest absolute Gasteiger partial charge is 0.325 e. The Morgan fingerprint density at radius 1 is 1.16 bits per heavy atom. The lowest BCUT2D eigenvalue weighted by atomic mass is 9.78. The van der Waals surface area contributed by atoms with Crippen LogP contribution < -0.4 is 5.32 Å². The molecule has 0 aromatic rings. The van der Waals surface area contributed by atoms with Crippen molar-refractivity contribution in [3.05, 3.63) is 0 Å². The maximum absolute atomic E-state index is 13.0. The Kier molecular flexibility index (Phi) is 3.92. The maximum Gasteiger partial charge on any atom is 0.325 e. The summed E-state index contributed by atoms with van der Waals surface area (Å²) < 4.78 is 0. The monoisotopic (exact) mass is 348 g/mol. The number of piperidine rings is 1. The van der Waals surface area contributed by atoms with Crippen molar-refractivity contribution in [3.8, 4) is 0 Å². The summed E-state index contributed by atoms with van der Waals surface area (Å²) in [5.41, 5.74) is -0.458. The molecule has 8 nitrogen and oxygen atoms in total. The summed E-state index contributed by atoms with van der Waals surface area (Å²) in [6.07, 6.45) is 4.91. The number of urea groups is 1. The summed E-state index contributed by atoms with van der Waals surface area (Å²) in [6, 6.07) is -0.517. The van der Waals surface area contributed by atoms with Gasteiger partial charge in [-0.3, -0.25) is 19.3 Å². The first-order chi connectivity index (χ1) is 12.0. The fourth-order valence-electron chi connectivity index (χ4n) is 4.25. The number of carbonyl (C=O) groups is 4. The zero-order valence-corrected chi connectivity index (χ0v) is 14.3. The number of rotatable bonds is 4. The zero-order chi connectivity index (χ0) is 17.6. The summed E-state index contributed by atoms with van der Waals surface area (Å²) in [6.45, 7) is 2.33.